The largest absolute Gasteiger partial charge is 0.345 e. The summed E-state index contributed by atoms with van der Waals surface area (Å²) in [5, 5.41) is 3.00. The van der Waals surface area contributed by atoms with E-state index in [0.717, 1.165) is 23.1 Å². The van der Waals surface area contributed by atoms with Crippen LogP contribution in [-0.2, 0) is 10.0 Å². The minimum absolute atomic E-state index is 0.0433. The first-order valence-corrected chi connectivity index (χ1v) is 11.3. The van der Waals surface area contributed by atoms with Gasteiger partial charge in [-0.1, -0.05) is 61.0 Å². The Hall–Kier alpha value is -3.12. The Balaban J connectivity index is 1.81. The van der Waals surface area contributed by atoms with Gasteiger partial charge in [-0.2, -0.15) is 0 Å². The van der Waals surface area contributed by atoms with E-state index in [1.807, 2.05) is 57.2 Å². The average Bonchev–Trinajstić information content (AvgIpc) is 2.74. The highest BCUT2D eigenvalue weighted by Crippen LogP contribution is 2.21. The predicted molar refractivity (Wildman–Crippen MR) is 120 cm³/mol. The zero-order valence-corrected chi connectivity index (χ0v) is 18.2. The first-order valence-electron chi connectivity index (χ1n) is 9.86. The summed E-state index contributed by atoms with van der Waals surface area (Å²) in [6, 6.07) is 21.1. The molecule has 156 valence electrons. The molecule has 0 saturated heterocycles. The molecule has 5 nitrogen and oxygen atoms in total. The van der Waals surface area contributed by atoms with E-state index in [-0.39, 0.29) is 16.8 Å². The van der Waals surface area contributed by atoms with Crippen LogP contribution >= 0.6 is 0 Å². The van der Waals surface area contributed by atoms with Crippen molar-refractivity contribution in [1.82, 2.24) is 5.32 Å². The molecule has 0 aliphatic carbocycles. The number of sulfonamides is 1. The van der Waals surface area contributed by atoms with Crippen molar-refractivity contribution in [2.45, 2.75) is 38.1 Å². The molecule has 0 spiro atoms. The molecule has 3 aromatic carbocycles. The molecular formula is C24H26N2O3S. The number of carbonyl (C=O) groups excluding carboxylic acids is 1. The fourth-order valence-corrected chi connectivity index (χ4v) is 4.33. The van der Waals surface area contributed by atoms with Gasteiger partial charge in [-0.25, -0.2) is 8.42 Å². The first-order chi connectivity index (χ1) is 14.3. The molecule has 0 aliphatic rings. The lowest BCUT2D eigenvalue weighted by Crippen LogP contribution is -2.28. The van der Waals surface area contributed by atoms with E-state index < -0.39 is 10.0 Å². The Kier molecular flexibility index (Phi) is 6.57. The smallest absolute Gasteiger partial charge is 0.261 e. The van der Waals surface area contributed by atoms with Crippen molar-refractivity contribution >= 4 is 21.6 Å². The van der Waals surface area contributed by atoms with Crippen LogP contribution in [0.15, 0.2) is 77.7 Å². The Labute approximate surface area is 178 Å². The van der Waals surface area contributed by atoms with Gasteiger partial charge in [-0.05, 0) is 55.7 Å². The second kappa shape index (κ2) is 9.13. The highest BCUT2D eigenvalue weighted by molar-refractivity contribution is 7.92. The third-order valence-electron chi connectivity index (χ3n) is 4.99. The quantitative estimate of drug-likeness (QED) is 0.563. The molecule has 1 amide bonds. The summed E-state index contributed by atoms with van der Waals surface area (Å²) in [4.78, 5) is 12.9. The van der Waals surface area contributed by atoms with E-state index in [1.54, 1.807) is 24.3 Å². The number of carbonyl (C=O) groups is 1. The van der Waals surface area contributed by atoms with Gasteiger partial charge in [-0.15, -0.1) is 0 Å². The van der Waals surface area contributed by atoms with Crippen LogP contribution in [0.4, 0.5) is 5.69 Å². The number of anilines is 1. The van der Waals surface area contributed by atoms with Crippen LogP contribution in [0.2, 0.25) is 0 Å². The Bertz CT molecular complexity index is 1140. The monoisotopic (exact) mass is 422 g/mol. The predicted octanol–water partition coefficient (Wildman–Crippen LogP) is 4.99. The summed E-state index contributed by atoms with van der Waals surface area (Å²) >= 11 is 0. The molecule has 0 radical (unpaired) electrons. The average molecular weight is 423 g/mol. The van der Waals surface area contributed by atoms with Gasteiger partial charge in [0.2, 0.25) is 0 Å². The lowest BCUT2D eigenvalue weighted by molar-refractivity contribution is 0.0935. The second-order valence-corrected chi connectivity index (χ2v) is 8.98. The van der Waals surface area contributed by atoms with E-state index in [1.165, 1.54) is 12.1 Å². The third kappa shape index (κ3) is 5.07. The van der Waals surface area contributed by atoms with Crippen LogP contribution in [0, 0.1) is 13.8 Å². The highest BCUT2D eigenvalue weighted by atomic mass is 32.2. The number of nitrogens with one attached hydrogen (secondary N) is 2. The van der Waals surface area contributed by atoms with Crippen LogP contribution in [0.3, 0.4) is 0 Å². The molecule has 0 fully saturated rings. The minimum Gasteiger partial charge on any atom is -0.345 e. The van der Waals surface area contributed by atoms with E-state index >= 15 is 0 Å². The molecular weight excluding hydrogens is 396 g/mol. The van der Waals surface area contributed by atoms with E-state index in [2.05, 4.69) is 10.0 Å². The van der Waals surface area contributed by atoms with Crippen LogP contribution in [-0.4, -0.2) is 14.3 Å². The fraction of sp³-hybridized carbons (Fsp3) is 0.208. The lowest BCUT2D eigenvalue weighted by Gasteiger charge is -2.18. The molecule has 1 atom stereocenters. The molecule has 3 aromatic rings. The van der Waals surface area contributed by atoms with Gasteiger partial charge in [0.15, 0.2) is 0 Å². The summed E-state index contributed by atoms with van der Waals surface area (Å²) in [5.41, 5.74) is 3.80. The van der Waals surface area contributed by atoms with Crippen molar-refractivity contribution in [3.05, 3.63) is 95.1 Å². The van der Waals surface area contributed by atoms with Gasteiger partial charge in [-0.3, -0.25) is 9.52 Å². The second-order valence-electron chi connectivity index (χ2n) is 7.29. The molecule has 2 N–H and O–H groups in total. The number of hydrogen-bond donors (Lipinski definition) is 2. The Morgan fingerprint density at radius 2 is 1.63 bits per heavy atom. The molecule has 0 saturated carbocycles. The molecule has 3 rings (SSSR count). The van der Waals surface area contributed by atoms with Crippen molar-refractivity contribution in [2.75, 3.05) is 4.72 Å². The summed E-state index contributed by atoms with van der Waals surface area (Å²) in [6.45, 7) is 5.84. The van der Waals surface area contributed by atoms with E-state index in [4.69, 9.17) is 0 Å². The third-order valence-corrected chi connectivity index (χ3v) is 6.35. The standard InChI is InChI=1S/C24H26N2O3S/c1-4-22(19-14-12-17(2)13-15-19)25-24(27)20-9-7-10-21(16-20)30(28,29)26-23-11-6-5-8-18(23)3/h5-16,22,26H,4H2,1-3H3,(H,25,27)/t22-/m1/s1. The molecule has 0 aromatic heterocycles. The van der Waals surface area contributed by atoms with Crippen LogP contribution in [0.5, 0.6) is 0 Å². The number of hydrogen-bond acceptors (Lipinski definition) is 3. The number of rotatable bonds is 7. The number of amides is 1. The van der Waals surface area contributed by atoms with Crippen molar-refractivity contribution in [2.24, 2.45) is 0 Å². The van der Waals surface area contributed by atoms with Gasteiger partial charge >= 0.3 is 0 Å². The van der Waals surface area contributed by atoms with Gasteiger partial charge in [0.1, 0.15) is 0 Å². The summed E-state index contributed by atoms with van der Waals surface area (Å²) in [5.74, 6) is -0.310. The van der Waals surface area contributed by atoms with E-state index in [0.29, 0.717) is 11.3 Å². The molecule has 30 heavy (non-hydrogen) atoms. The van der Waals surface area contributed by atoms with E-state index in [9.17, 15) is 13.2 Å². The van der Waals surface area contributed by atoms with Crippen LogP contribution in [0.1, 0.15) is 46.4 Å². The van der Waals surface area contributed by atoms with Crippen LogP contribution < -0.4 is 10.0 Å². The Morgan fingerprint density at radius 1 is 0.933 bits per heavy atom. The van der Waals surface area contributed by atoms with Crippen LogP contribution in [0.25, 0.3) is 0 Å². The van der Waals surface area contributed by atoms with Crippen molar-refractivity contribution in [3.63, 3.8) is 0 Å². The summed E-state index contributed by atoms with van der Waals surface area (Å²) in [6.07, 6.45) is 0.724. The van der Waals surface area contributed by atoms with Gasteiger partial charge in [0.25, 0.3) is 15.9 Å². The molecule has 6 heteroatoms. The van der Waals surface area contributed by atoms with Crippen molar-refractivity contribution < 1.29 is 13.2 Å². The van der Waals surface area contributed by atoms with Gasteiger partial charge < -0.3 is 5.32 Å². The maximum Gasteiger partial charge on any atom is 0.261 e. The lowest BCUT2D eigenvalue weighted by atomic mass is 10.0. The Morgan fingerprint density at radius 3 is 2.30 bits per heavy atom. The van der Waals surface area contributed by atoms with Gasteiger partial charge in [0, 0.05) is 5.56 Å². The molecule has 0 heterocycles. The normalized spacial score (nSPS) is 12.2. The number of para-hydroxylation sites is 1. The number of aryl methyl sites for hydroxylation is 2. The minimum atomic E-state index is -3.81. The maximum absolute atomic E-state index is 12.8. The SMILES string of the molecule is CC[C@@H](NC(=O)c1cccc(S(=O)(=O)Nc2ccccc2C)c1)c1ccc(C)cc1. The maximum atomic E-state index is 12.8. The molecule has 0 unspecified atom stereocenters. The molecule has 0 bridgehead atoms. The zero-order valence-electron chi connectivity index (χ0n) is 17.3. The highest BCUT2D eigenvalue weighted by Gasteiger charge is 2.19. The number of benzene rings is 3. The first kappa shape index (κ1) is 21.6. The molecule has 0 aliphatic heterocycles. The topological polar surface area (TPSA) is 75.3 Å². The van der Waals surface area contributed by atoms with Crippen molar-refractivity contribution in [1.29, 1.82) is 0 Å². The summed E-state index contributed by atoms with van der Waals surface area (Å²) < 4.78 is 28.2. The van der Waals surface area contributed by atoms with Gasteiger partial charge in [0.05, 0.1) is 16.6 Å². The zero-order chi connectivity index (χ0) is 21.7. The fourth-order valence-electron chi connectivity index (χ4n) is 3.16. The van der Waals surface area contributed by atoms with Crippen molar-refractivity contribution in [3.8, 4) is 0 Å². The summed E-state index contributed by atoms with van der Waals surface area (Å²) in [7, 11) is -3.81.